The molecule has 0 radical (unpaired) electrons. The maximum Gasteiger partial charge on any atom is 0.303 e. The molecule has 0 aliphatic carbocycles. The summed E-state index contributed by atoms with van der Waals surface area (Å²) >= 11 is 1.27. The number of carbonyl (C=O) groups is 3. The van der Waals surface area contributed by atoms with Crippen LogP contribution in [0.5, 0.6) is 5.75 Å². The smallest absolute Gasteiger partial charge is 0.303 e. The molecule has 0 bridgehead atoms. The van der Waals surface area contributed by atoms with Crippen molar-refractivity contribution >= 4 is 29.5 Å². The number of nitrogens with zero attached hydrogens (tertiary/aromatic N) is 1. The highest BCUT2D eigenvalue weighted by Gasteiger charge is 2.54. The summed E-state index contributed by atoms with van der Waals surface area (Å²) in [4.78, 5) is 40.8. The van der Waals surface area contributed by atoms with E-state index in [1.807, 2.05) is 54.6 Å². The molecular formula is C30H29NO8S. The summed E-state index contributed by atoms with van der Waals surface area (Å²) < 4.78 is 23.0. The van der Waals surface area contributed by atoms with Crippen LogP contribution in [0, 0.1) is 0 Å². The summed E-state index contributed by atoms with van der Waals surface area (Å²) in [7, 11) is 1.59. The molecular weight excluding hydrogens is 534 g/mol. The number of imide groups is 1. The van der Waals surface area contributed by atoms with Gasteiger partial charge in [0.15, 0.2) is 6.10 Å². The van der Waals surface area contributed by atoms with Gasteiger partial charge < -0.3 is 24.1 Å². The molecule has 1 fully saturated rings. The fraction of sp³-hybridized carbons (Fsp3) is 0.300. The Morgan fingerprint density at radius 3 is 2.17 bits per heavy atom. The molecule has 2 aliphatic rings. The van der Waals surface area contributed by atoms with Gasteiger partial charge in [-0.3, -0.25) is 19.3 Å². The number of benzene rings is 3. The second kappa shape index (κ2) is 12.2. The number of aliphatic hydroxyl groups is 1. The lowest BCUT2D eigenvalue weighted by Gasteiger charge is -2.46. The van der Waals surface area contributed by atoms with E-state index in [1.165, 1.54) is 18.7 Å². The minimum absolute atomic E-state index is 0.0122. The molecule has 3 aromatic rings. The van der Waals surface area contributed by atoms with Crippen LogP contribution in [0.25, 0.3) is 0 Å². The SMILES string of the molecule is COc1ccc(COC[C@H]2O[C@@H](Sc3ccccc3)[C@H](N3C(=O)c4ccccc4C3=O)[C@@H](O)[C@@H]2OC(C)=O)cc1. The predicted octanol–water partition coefficient (Wildman–Crippen LogP) is 3.69. The third-order valence-electron chi connectivity index (χ3n) is 6.77. The average Bonchev–Trinajstić information content (AvgIpc) is 3.21. The number of amides is 2. The minimum Gasteiger partial charge on any atom is -0.497 e. The first-order chi connectivity index (χ1) is 19.4. The van der Waals surface area contributed by atoms with Crippen LogP contribution >= 0.6 is 11.8 Å². The molecule has 0 aromatic heterocycles. The van der Waals surface area contributed by atoms with Gasteiger partial charge in [0.1, 0.15) is 29.4 Å². The van der Waals surface area contributed by atoms with E-state index in [-0.39, 0.29) is 24.3 Å². The number of hydrogen-bond acceptors (Lipinski definition) is 9. The molecule has 3 aromatic carbocycles. The molecule has 0 spiro atoms. The maximum atomic E-state index is 13.4. The van der Waals surface area contributed by atoms with Gasteiger partial charge in [-0.05, 0) is 42.0 Å². The number of aliphatic hydroxyl groups excluding tert-OH is 1. The zero-order chi connectivity index (χ0) is 28.2. The Labute approximate surface area is 236 Å². The third kappa shape index (κ3) is 5.75. The van der Waals surface area contributed by atoms with Crippen molar-refractivity contribution in [2.75, 3.05) is 13.7 Å². The second-order valence-corrected chi connectivity index (χ2v) is 10.6. The number of esters is 1. The topological polar surface area (TPSA) is 112 Å². The number of rotatable bonds is 9. The fourth-order valence-electron chi connectivity index (χ4n) is 4.88. The molecule has 2 heterocycles. The van der Waals surface area contributed by atoms with Crippen molar-refractivity contribution in [1.29, 1.82) is 0 Å². The highest BCUT2D eigenvalue weighted by molar-refractivity contribution is 7.99. The first-order valence-corrected chi connectivity index (χ1v) is 13.7. The van der Waals surface area contributed by atoms with Crippen LogP contribution in [0.4, 0.5) is 0 Å². The predicted molar refractivity (Wildman–Crippen MR) is 146 cm³/mol. The largest absolute Gasteiger partial charge is 0.497 e. The lowest BCUT2D eigenvalue weighted by Crippen LogP contribution is -2.65. The van der Waals surface area contributed by atoms with Gasteiger partial charge in [-0.25, -0.2) is 0 Å². The van der Waals surface area contributed by atoms with E-state index in [9.17, 15) is 19.5 Å². The number of carbonyl (C=O) groups excluding carboxylic acids is 3. The zero-order valence-corrected chi connectivity index (χ0v) is 22.8. The highest BCUT2D eigenvalue weighted by Crippen LogP contribution is 2.39. The second-order valence-electron chi connectivity index (χ2n) is 9.42. The highest BCUT2D eigenvalue weighted by atomic mass is 32.2. The summed E-state index contributed by atoms with van der Waals surface area (Å²) in [5, 5.41) is 11.7. The van der Waals surface area contributed by atoms with E-state index in [0.29, 0.717) is 0 Å². The lowest BCUT2D eigenvalue weighted by molar-refractivity contribution is -0.207. The number of thioether (sulfide) groups is 1. The Hall–Kier alpha value is -3.70. The van der Waals surface area contributed by atoms with Crippen LogP contribution in [-0.4, -0.2) is 71.3 Å². The molecule has 5 rings (SSSR count). The van der Waals surface area contributed by atoms with Crippen molar-refractivity contribution in [2.24, 2.45) is 0 Å². The van der Waals surface area contributed by atoms with E-state index >= 15 is 0 Å². The molecule has 2 aliphatic heterocycles. The first-order valence-electron chi connectivity index (χ1n) is 12.8. The van der Waals surface area contributed by atoms with Crippen molar-refractivity contribution in [3.8, 4) is 5.75 Å². The van der Waals surface area contributed by atoms with Gasteiger partial charge in [-0.2, -0.15) is 0 Å². The van der Waals surface area contributed by atoms with E-state index in [0.717, 1.165) is 21.1 Å². The van der Waals surface area contributed by atoms with Gasteiger partial charge in [0.25, 0.3) is 11.8 Å². The quantitative estimate of drug-likeness (QED) is 0.308. The number of hydrogen-bond donors (Lipinski definition) is 1. The molecule has 9 nitrogen and oxygen atoms in total. The Bertz CT molecular complexity index is 1330. The fourth-order valence-corrected chi connectivity index (χ4v) is 6.08. The van der Waals surface area contributed by atoms with Crippen molar-refractivity contribution < 1.29 is 38.4 Å². The van der Waals surface area contributed by atoms with E-state index < -0.39 is 47.6 Å². The molecule has 10 heteroatoms. The number of fused-ring (bicyclic) bond motifs is 1. The third-order valence-corrected chi connectivity index (χ3v) is 7.94. The van der Waals surface area contributed by atoms with Crippen LogP contribution in [0.2, 0.25) is 0 Å². The van der Waals surface area contributed by atoms with Crippen LogP contribution in [-0.2, 0) is 25.6 Å². The summed E-state index contributed by atoms with van der Waals surface area (Å²) in [5.41, 5.74) is 0.510. The maximum absolute atomic E-state index is 13.4. The molecule has 1 N–H and O–H groups in total. The van der Waals surface area contributed by atoms with Crippen LogP contribution in [0.3, 0.4) is 0 Å². The molecule has 2 amide bonds. The van der Waals surface area contributed by atoms with Gasteiger partial charge >= 0.3 is 5.97 Å². The molecule has 208 valence electrons. The molecule has 5 atom stereocenters. The Kier molecular flexibility index (Phi) is 8.51. The normalized spacial score (nSPS) is 24.1. The van der Waals surface area contributed by atoms with Crippen molar-refractivity contribution in [2.45, 2.75) is 48.2 Å². The number of methoxy groups -OCH3 is 1. The monoisotopic (exact) mass is 563 g/mol. The van der Waals surface area contributed by atoms with Crippen molar-refractivity contribution in [1.82, 2.24) is 4.90 Å². The number of ether oxygens (including phenoxy) is 4. The molecule has 40 heavy (non-hydrogen) atoms. The minimum atomic E-state index is -1.43. The van der Waals surface area contributed by atoms with Crippen LogP contribution in [0.1, 0.15) is 33.2 Å². The van der Waals surface area contributed by atoms with Crippen LogP contribution < -0.4 is 4.74 Å². The van der Waals surface area contributed by atoms with E-state index in [2.05, 4.69) is 0 Å². The molecule has 1 saturated heterocycles. The van der Waals surface area contributed by atoms with Gasteiger partial charge in [-0.15, -0.1) is 0 Å². The summed E-state index contributed by atoms with van der Waals surface area (Å²) in [6.07, 6.45) is -3.49. The Balaban J connectivity index is 1.42. The lowest BCUT2D eigenvalue weighted by atomic mass is 9.96. The zero-order valence-electron chi connectivity index (χ0n) is 22.0. The summed E-state index contributed by atoms with van der Waals surface area (Å²) in [6.45, 7) is 1.45. The van der Waals surface area contributed by atoms with Gasteiger partial charge in [0.05, 0.1) is 31.5 Å². The molecule has 0 saturated carbocycles. The summed E-state index contributed by atoms with van der Waals surface area (Å²) in [6, 6.07) is 22.1. The standard InChI is InChI=1S/C30H29NO8S/c1-18(32)38-27-24(17-37-16-19-12-14-20(36-2)15-13-19)39-30(40-21-8-4-3-5-9-21)25(26(27)33)31-28(34)22-10-6-7-11-23(22)29(31)35/h3-15,24-27,30,33H,16-17H2,1-2H3/t24-,25-,26-,27-,30+/m1/s1. The molecule has 0 unspecified atom stereocenters. The first kappa shape index (κ1) is 27.9. The van der Waals surface area contributed by atoms with Crippen molar-refractivity contribution in [3.05, 3.63) is 95.6 Å². The van der Waals surface area contributed by atoms with Gasteiger partial charge in [-0.1, -0.05) is 54.2 Å². The Morgan fingerprint density at radius 1 is 0.950 bits per heavy atom. The van der Waals surface area contributed by atoms with Crippen molar-refractivity contribution in [3.63, 3.8) is 0 Å². The average molecular weight is 564 g/mol. The van der Waals surface area contributed by atoms with Crippen LogP contribution in [0.15, 0.2) is 83.8 Å². The Morgan fingerprint density at radius 2 is 1.57 bits per heavy atom. The van der Waals surface area contributed by atoms with Gasteiger partial charge in [0, 0.05) is 11.8 Å². The van der Waals surface area contributed by atoms with Gasteiger partial charge in [0.2, 0.25) is 0 Å². The van der Waals surface area contributed by atoms with E-state index in [1.54, 1.807) is 31.4 Å². The van der Waals surface area contributed by atoms with E-state index in [4.69, 9.17) is 18.9 Å². The summed E-state index contributed by atoms with van der Waals surface area (Å²) in [5.74, 6) is -0.995.